The van der Waals surface area contributed by atoms with E-state index in [0.29, 0.717) is 17.1 Å². The van der Waals surface area contributed by atoms with E-state index in [9.17, 15) is 0 Å². The summed E-state index contributed by atoms with van der Waals surface area (Å²) in [6.07, 6.45) is 3.36. The highest BCUT2D eigenvalue weighted by atomic mass is 79.9. The van der Waals surface area contributed by atoms with E-state index in [-0.39, 0.29) is 0 Å². The van der Waals surface area contributed by atoms with Crippen LogP contribution < -0.4 is 4.74 Å². The molecule has 0 N–H and O–H groups in total. The smallest absolute Gasteiger partial charge is 0.165 e. The molecule has 2 rings (SSSR count). The number of hydrogen-bond donors (Lipinski definition) is 0. The van der Waals surface area contributed by atoms with Gasteiger partial charge in [-0.1, -0.05) is 22.0 Å². The molecule has 1 heterocycles. The van der Waals surface area contributed by atoms with Crippen molar-refractivity contribution in [2.45, 2.75) is 5.33 Å². The zero-order valence-electron chi connectivity index (χ0n) is 9.22. The summed E-state index contributed by atoms with van der Waals surface area (Å²) in [7, 11) is 1.81. The van der Waals surface area contributed by atoms with Crippen LogP contribution in [0.15, 0.2) is 30.6 Å². The molecule has 1 aromatic carbocycles. The van der Waals surface area contributed by atoms with Crippen molar-refractivity contribution in [2.24, 2.45) is 7.05 Å². The van der Waals surface area contributed by atoms with Crippen molar-refractivity contribution in [1.29, 1.82) is 5.26 Å². The van der Waals surface area contributed by atoms with Crippen LogP contribution in [0.3, 0.4) is 0 Å². The number of aromatic nitrogens is 2. The third kappa shape index (κ3) is 2.66. The summed E-state index contributed by atoms with van der Waals surface area (Å²) < 4.78 is 7.25. The van der Waals surface area contributed by atoms with Crippen LogP contribution in [0.4, 0.5) is 0 Å². The zero-order valence-corrected chi connectivity index (χ0v) is 10.8. The van der Waals surface area contributed by atoms with Crippen LogP contribution in [-0.2, 0) is 12.4 Å². The Balaban J connectivity index is 2.30. The zero-order chi connectivity index (χ0) is 12.3. The summed E-state index contributed by atoms with van der Waals surface area (Å²) >= 11 is 3.35. The minimum Gasteiger partial charge on any atom is -0.453 e. The summed E-state index contributed by atoms with van der Waals surface area (Å²) in [5.41, 5.74) is 1.56. The number of rotatable bonds is 3. The van der Waals surface area contributed by atoms with Crippen molar-refractivity contribution < 1.29 is 4.74 Å². The highest BCUT2D eigenvalue weighted by molar-refractivity contribution is 9.08. The van der Waals surface area contributed by atoms with E-state index in [1.807, 2.05) is 13.1 Å². The molecule has 0 bridgehead atoms. The number of ether oxygens (including phenoxy) is 1. The predicted molar refractivity (Wildman–Crippen MR) is 67.1 cm³/mol. The van der Waals surface area contributed by atoms with Crippen LogP contribution in [0.5, 0.6) is 11.5 Å². The Morgan fingerprint density at radius 2 is 2.35 bits per heavy atom. The van der Waals surface area contributed by atoms with Gasteiger partial charge in [-0.25, -0.2) is 0 Å². The van der Waals surface area contributed by atoms with Crippen molar-refractivity contribution in [2.75, 3.05) is 0 Å². The minimum atomic E-state index is 0.519. The number of nitriles is 1. The summed E-state index contributed by atoms with van der Waals surface area (Å²) in [5.74, 6) is 1.17. The number of nitrogens with zero attached hydrogens (tertiary/aromatic N) is 3. The van der Waals surface area contributed by atoms with Crippen LogP contribution in [0.25, 0.3) is 0 Å². The summed E-state index contributed by atoms with van der Waals surface area (Å²) in [6, 6.07) is 7.64. The summed E-state index contributed by atoms with van der Waals surface area (Å²) in [4.78, 5) is 0. The summed E-state index contributed by atoms with van der Waals surface area (Å²) in [6.45, 7) is 0. The van der Waals surface area contributed by atoms with Crippen LogP contribution in [0.1, 0.15) is 11.1 Å². The number of aryl methyl sites for hydroxylation is 1. The van der Waals surface area contributed by atoms with Gasteiger partial charge in [0.25, 0.3) is 0 Å². The van der Waals surface area contributed by atoms with E-state index in [0.717, 1.165) is 10.9 Å². The Bertz CT molecular complexity index is 571. The fourth-order valence-electron chi connectivity index (χ4n) is 1.42. The second kappa shape index (κ2) is 5.02. The lowest BCUT2D eigenvalue weighted by atomic mass is 10.1. The molecule has 0 aliphatic heterocycles. The van der Waals surface area contributed by atoms with E-state index in [1.165, 1.54) is 0 Å². The minimum absolute atomic E-state index is 0.519. The average Bonchev–Trinajstić information content (AvgIpc) is 2.75. The molecule has 0 amide bonds. The molecular weight excluding hydrogens is 282 g/mol. The molecule has 17 heavy (non-hydrogen) atoms. The fourth-order valence-corrected chi connectivity index (χ4v) is 1.76. The third-order valence-electron chi connectivity index (χ3n) is 2.23. The standard InChI is InChI=1S/C12H10BrN3O/c1-16-8-11(7-15-16)17-12-3-2-9(5-13)4-10(12)6-14/h2-4,7-8H,5H2,1H3. The lowest BCUT2D eigenvalue weighted by Gasteiger charge is -2.05. The van der Waals surface area contributed by atoms with Crippen molar-refractivity contribution in [1.82, 2.24) is 9.78 Å². The molecule has 0 aliphatic carbocycles. The van der Waals surface area contributed by atoms with E-state index >= 15 is 0 Å². The Morgan fingerprint density at radius 1 is 1.53 bits per heavy atom. The number of hydrogen-bond acceptors (Lipinski definition) is 3. The second-order valence-electron chi connectivity index (χ2n) is 3.53. The normalized spacial score (nSPS) is 9.94. The van der Waals surface area contributed by atoms with Gasteiger partial charge in [-0.3, -0.25) is 4.68 Å². The molecule has 0 aliphatic rings. The van der Waals surface area contributed by atoms with Gasteiger partial charge in [-0.15, -0.1) is 0 Å². The van der Waals surface area contributed by atoms with Crippen molar-refractivity contribution in [3.8, 4) is 17.6 Å². The average molecular weight is 292 g/mol. The third-order valence-corrected chi connectivity index (χ3v) is 2.88. The molecule has 5 heteroatoms. The van der Waals surface area contributed by atoms with Crippen LogP contribution in [0.2, 0.25) is 0 Å². The van der Waals surface area contributed by atoms with Gasteiger partial charge in [0.15, 0.2) is 5.75 Å². The van der Waals surface area contributed by atoms with E-state index < -0.39 is 0 Å². The molecule has 0 radical (unpaired) electrons. The molecular formula is C12H10BrN3O. The SMILES string of the molecule is Cn1cc(Oc2ccc(CBr)cc2C#N)cn1. The number of benzene rings is 1. The number of alkyl halides is 1. The van der Waals surface area contributed by atoms with Gasteiger partial charge in [-0.05, 0) is 17.7 Å². The van der Waals surface area contributed by atoms with Gasteiger partial charge >= 0.3 is 0 Å². The van der Waals surface area contributed by atoms with Crippen molar-refractivity contribution in [3.05, 3.63) is 41.7 Å². The van der Waals surface area contributed by atoms with Crippen molar-refractivity contribution in [3.63, 3.8) is 0 Å². The first kappa shape index (κ1) is 11.7. The van der Waals surface area contributed by atoms with E-state index in [4.69, 9.17) is 10.00 Å². The molecule has 2 aromatic rings. The maximum atomic E-state index is 9.06. The van der Waals surface area contributed by atoms with E-state index in [2.05, 4.69) is 27.1 Å². The first-order chi connectivity index (χ1) is 8.22. The van der Waals surface area contributed by atoms with Gasteiger partial charge < -0.3 is 4.74 Å². The van der Waals surface area contributed by atoms with Gasteiger partial charge in [0, 0.05) is 12.4 Å². The molecule has 0 saturated carbocycles. The second-order valence-corrected chi connectivity index (χ2v) is 4.09. The molecule has 0 unspecified atom stereocenters. The Morgan fingerprint density at radius 3 is 2.94 bits per heavy atom. The maximum absolute atomic E-state index is 9.06. The molecule has 1 aromatic heterocycles. The highest BCUT2D eigenvalue weighted by Crippen LogP contribution is 2.26. The fraction of sp³-hybridized carbons (Fsp3) is 0.167. The number of halogens is 1. The molecule has 0 spiro atoms. The van der Waals surface area contributed by atoms with E-state index in [1.54, 1.807) is 29.2 Å². The topological polar surface area (TPSA) is 50.8 Å². The van der Waals surface area contributed by atoms with Crippen molar-refractivity contribution >= 4 is 15.9 Å². The lowest BCUT2D eigenvalue weighted by Crippen LogP contribution is -1.89. The van der Waals surface area contributed by atoms with Crippen LogP contribution in [-0.4, -0.2) is 9.78 Å². The quantitative estimate of drug-likeness (QED) is 0.817. The lowest BCUT2D eigenvalue weighted by molar-refractivity contribution is 0.480. The van der Waals surface area contributed by atoms with Gasteiger partial charge in [0.2, 0.25) is 0 Å². The first-order valence-corrected chi connectivity index (χ1v) is 6.10. The van der Waals surface area contributed by atoms with Crippen LogP contribution >= 0.6 is 15.9 Å². The first-order valence-electron chi connectivity index (χ1n) is 4.98. The molecule has 0 saturated heterocycles. The monoisotopic (exact) mass is 291 g/mol. The Labute approximate surface area is 108 Å². The Hall–Kier alpha value is -1.80. The Kier molecular flexibility index (Phi) is 3.45. The molecule has 0 atom stereocenters. The maximum Gasteiger partial charge on any atom is 0.165 e. The van der Waals surface area contributed by atoms with Gasteiger partial charge in [0.05, 0.1) is 18.0 Å². The van der Waals surface area contributed by atoms with Gasteiger partial charge in [-0.2, -0.15) is 10.4 Å². The molecule has 0 fully saturated rings. The highest BCUT2D eigenvalue weighted by Gasteiger charge is 2.06. The molecule has 4 nitrogen and oxygen atoms in total. The summed E-state index contributed by atoms with van der Waals surface area (Å²) in [5, 5.41) is 13.8. The molecule has 86 valence electrons. The van der Waals surface area contributed by atoms with Crippen LogP contribution in [0, 0.1) is 11.3 Å². The van der Waals surface area contributed by atoms with Gasteiger partial charge in [0.1, 0.15) is 11.8 Å². The largest absolute Gasteiger partial charge is 0.453 e. The predicted octanol–water partition coefficient (Wildman–Crippen LogP) is 2.98.